The zero-order chi connectivity index (χ0) is 16.9. The molecule has 2 amide bonds. The highest BCUT2D eigenvalue weighted by atomic mass is 79.9. The summed E-state index contributed by atoms with van der Waals surface area (Å²) in [7, 11) is 0. The number of amides is 2. The molecular formula is C19H23BrN2O2. The van der Waals surface area contributed by atoms with Gasteiger partial charge in [-0.3, -0.25) is 9.59 Å². The molecule has 1 aromatic rings. The van der Waals surface area contributed by atoms with Gasteiger partial charge in [-0.15, -0.1) is 0 Å². The summed E-state index contributed by atoms with van der Waals surface area (Å²) in [6.45, 7) is 0. The van der Waals surface area contributed by atoms with Gasteiger partial charge in [0.25, 0.3) is 0 Å². The number of nitrogens with two attached hydrogens (primary N) is 1. The Morgan fingerprint density at radius 3 is 2.29 bits per heavy atom. The van der Waals surface area contributed by atoms with Crippen LogP contribution in [0.15, 0.2) is 24.3 Å². The van der Waals surface area contributed by atoms with Gasteiger partial charge in [-0.1, -0.05) is 15.9 Å². The third kappa shape index (κ3) is 2.99. The van der Waals surface area contributed by atoms with Crippen LogP contribution in [0.1, 0.15) is 55.3 Å². The minimum absolute atomic E-state index is 0.0832. The van der Waals surface area contributed by atoms with Crippen LogP contribution in [0.5, 0.6) is 0 Å². The molecule has 0 spiro atoms. The molecule has 24 heavy (non-hydrogen) atoms. The maximum absolute atomic E-state index is 12.6. The third-order valence-electron chi connectivity index (χ3n) is 6.10. The maximum atomic E-state index is 12.6. The molecule has 0 radical (unpaired) electrons. The lowest BCUT2D eigenvalue weighted by Crippen LogP contribution is -2.53. The van der Waals surface area contributed by atoms with E-state index >= 15 is 0 Å². The Balaban J connectivity index is 1.43. The fourth-order valence-corrected chi connectivity index (χ4v) is 7.32. The number of primary amides is 1. The number of rotatable bonds is 4. The number of carbonyl (C=O) groups is 2. The van der Waals surface area contributed by atoms with Gasteiger partial charge in [0, 0.05) is 22.0 Å². The number of hydrogen-bond donors (Lipinski definition) is 2. The van der Waals surface area contributed by atoms with Gasteiger partial charge in [-0.25, -0.2) is 0 Å². The van der Waals surface area contributed by atoms with E-state index in [1.807, 2.05) is 0 Å². The first-order chi connectivity index (χ1) is 11.3. The van der Waals surface area contributed by atoms with Crippen LogP contribution in [-0.4, -0.2) is 16.1 Å². The first-order valence-electron chi connectivity index (χ1n) is 8.74. The molecule has 4 nitrogen and oxygen atoms in total. The molecule has 4 saturated carbocycles. The molecule has 3 N–H and O–H groups in total. The molecule has 5 heteroatoms. The molecule has 1 aromatic carbocycles. The van der Waals surface area contributed by atoms with Gasteiger partial charge in [0.1, 0.15) is 0 Å². The largest absolute Gasteiger partial charge is 0.366 e. The van der Waals surface area contributed by atoms with E-state index in [-0.39, 0.29) is 15.6 Å². The Labute approximate surface area is 150 Å². The van der Waals surface area contributed by atoms with Gasteiger partial charge in [-0.05, 0) is 80.0 Å². The lowest BCUT2D eigenvalue weighted by molar-refractivity contribution is -0.123. The smallest absolute Gasteiger partial charge is 0.248 e. The highest BCUT2D eigenvalue weighted by Gasteiger charge is 2.57. The minimum atomic E-state index is -0.455. The van der Waals surface area contributed by atoms with Crippen molar-refractivity contribution >= 4 is 33.4 Å². The second kappa shape index (κ2) is 5.58. The molecule has 4 aliphatic carbocycles. The molecule has 128 valence electrons. The highest BCUT2D eigenvalue weighted by Crippen LogP contribution is 2.65. The first kappa shape index (κ1) is 16.1. The molecule has 0 aliphatic heterocycles. The van der Waals surface area contributed by atoms with Crippen molar-refractivity contribution in [1.29, 1.82) is 0 Å². The summed E-state index contributed by atoms with van der Waals surface area (Å²) >= 11 is 4.00. The summed E-state index contributed by atoms with van der Waals surface area (Å²) in [5.74, 6) is 1.20. The van der Waals surface area contributed by atoms with Crippen molar-refractivity contribution in [3.05, 3.63) is 29.8 Å². The van der Waals surface area contributed by atoms with Crippen molar-refractivity contribution in [2.75, 3.05) is 5.32 Å². The van der Waals surface area contributed by atoms with E-state index in [1.165, 1.54) is 32.1 Å². The third-order valence-corrected chi connectivity index (χ3v) is 7.03. The maximum Gasteiger partial charge on any atom is 0.248 e. The number of anilines is 1. The lowest BCUT2D eigenvalue weighted by atomic mass is 9.48. The molecule has 4 fully saturated rings. The molecule has 4 aliphatic rings. The fraction of sp³-hybridized carbons (Fsp3) is 0.579. The average molecular weight is 391 g/mol. The van der Waals surface area contributed by atoms with E-state index < -0.39 is 5.91 Å². The van der Waals surface area contributed by atoms with E-state index in [1.54, 1.807) is 24.3 Å². The molecule has 5 rings (SSSR count). The monoisotopic (exact) mass is 390 g/mol. The quantitative estimate of drug-likeness (QED) is 0.766. The van der Waals surface area contributed by atoms with Crippen LogP contribution < -0.4 is 11.1 Å². The molecule has 0 aromatic heterocycles. The number of hydrogen-bond acceptors (Lipinski definition) is 2. The van der Waals surface area contributed by atoms with E-state index in [9.17, 15) is 9.59 Å². The normalized spacial score (nSPS) is 36.5. The van der Waals surface area contributed by atoms with Crippen LogP contribution in [0.4, 0.5) is 5.69 Å². The zero-order valence-electron chi connectivity index (χ0n) is 13.7. The molecule has 2 atom stereocenters. The molecule has 0 saturated heterocycles. The average Bonchev–Trinajstić information content (AvgIpc) is 2.44. The van der Waals surface area contributed by atoms with E-state index in [0.29, 0.717) is 12.0 Å². The van der Waals surface area contributed by atoms with Gasteiger partial charge in [0.15, 0.2) is 0 Å². The standard InChI is InChI=1S/C19H23BrN2O2/c20-19-8-12-5-13(9-19)7-18(6-12,11-19)10-16(23)22-15-3-1-14(2-4-15)17(21)24/h1-4,12-13H,5-11H2,(H2,21,24)(H,22,23)/t12-,13-,18?,19?/m1/s1. The lowest BCUT2D eigenvalue weighted by Gasteiger charge is -2.60. The Bertz CT molecular complexity index is 671. The number of nitrogens with one attached hydrogen (secondary N) is 1. The first-order valence-corrected chi connectivity index (χ1v) is 9.53. The number of benzene rings is 1. The van der Waals surface area contributed by atoms with Crippen LogP contribution in [0, 0.1) is 17.3 Å². The summed E-state index contributed by atoms with van der Waals surface area (Å²) in [6, 6.07) is 6.78. The second-order valence-electron chi connectivity index (χ2n) is 8.28. The molecule has 0 heterocycles. The topological polar surface area (TPSA) is 72.2 Å². The van der Waals surface area contributed by atoms with Crippen LogP contribution >= 0.6 is 15.9 Å². The van der Waals surface area contributed by atoms with Crippen molar-refractivity contribution < 1.29 is 9.59 Å². The van der Waals surface area contributed by atoms with Crippen molar-refractivity contribution in [2.45, 2.75) is 49.3 Å². The van der Waals surface area contributed by atoms with Gasteiger partial charge >= 0.3 is 0 Å². The van der Waals surface area contributed by atoms with Crippen molar-refractivity contribution in [1.82, 2.24) is 0 Å². The summed E-state index contributed by atoms with van der Waals surface area (Å²) < 4.78 is 0.278. The van der Waals surface area contributed by atoms with Gasteiger partial charge in [0.05, 0.1) is 0 Å². The highest BCUT2D eigenvalue weighted by molar-refractivity contribution is 9.10. The van der Waals surface area contributed by atoms with Crippen LogP contribution in [-0.2, 0) is 4.79 Å². The van der Waals surface area contributed by atoms with Crippen molar-refractivity contribution in [3.63, 3.8) is 0 Å². The van der Waals surface area contributed by atoms with Crippen molar-refractivity contribution in [3.8, 4) is 0 Å². The van der Waals surface area contributed by atoms with Gasteiger partial charge in [-0.2, -0.15) is 0 Å². The number of halogens is 1. The number of carbonyl (C=O) groups excluding carboxylic acids is 2. The Morgan fingerprint density at radius 2 is 1.75 bits per heavy atom. The predicted molar refractivity (Wildman–Crippen MR) is 97.0 cm³/mol. The molecule has 4 bridgehead atoms. The second-order valence-corrected chi connectivity index (χ2v) is 9.96. The summed E-state index contributed by atoms with van der Waals surface area (Å²) in [6.07, 6.45) is 8.04. The van der Waals surface area contributed by atoms with Crippen molar-refractivity contribution in [2.24, 2.45) is 23.0 Å². The van der Waals surface area contributed by atoms with E-state index in [0.717, 1.165) is 23.9 Å². The van der Waals surface area contributed by atoms with E-state index in [4.69, 9.17) is 5.73 Å². The SMILES string of the molecule is NC(=O)c1ccc(NC(=O)CC23C[C@H]4C[C@@H](CC(Br)(C4)C2)C3)cc1. The van der Waals surface area contributed by atoms with Crippen LogP contribution in [0.2, 0.25) is 0 Å². The summed E-state index contributed by atoms with van der Waals surface area (Å²) in [4.78, 5) is 23.7. The molecule has 0 unspecified atom stereocenters. The Hall–Kier alpha value is -1.36. The van der Waals surface area contributed by atoms with Gasteiger partial charge < -0.3 is 11.1 Å². The zero-order valence-corrected chi connectivity index (χ0v) is 15.3. The summed E-state index contributed by atoms with van der Waals surface area (Å²) in [5.41, 5.74) is 6.59. The predicted octanol–water partition coefficient (Wildman–Crippen LogP) is 3.85. The van der Waals surface area contributed by atoms with E-state index in [2.05, 4.69) is 21.2 Å². The summed E-state index contributed by atoms with van der Waals surface area (Å²) in [5, 5.41) is 2.99. The van der Waals surface area contributed by atoms with Gasteiger partial charge in [0.2, 0.25) is 11.8 Å². The van der Waals surface area contributed by atoms with Crippen LogP contribution in [0.3, 0.4) is 0 Å². The molecular weight excluding hydrogens is 368 g/mol. The minimum Gasteiger partial charge on any atom is -0.366 e. The number of alkyl halides is 1. The Morgan fingerprint density at radius 1 is 1.12 bits per heavy atom. The van der Waals surface area contributed by atoms with Crippen LogP contribution in [0.25, 0.3) is 0 Å². The fourth-order valence-electron chi connectivity index (χ4n) is 5.81. The Kier molecular flexibility index (Phi) is 3.75.